The summed E-state index contributed by atoms with van der Waals surface area (Å²) in [5, 5.41) is 1.23. The highest BCUT2D eigenvalue weighted by Gasteiger charge is 2.62. The minimum Gasteiger partial charge on any atom is -0.466 e. The van der Waals surface area contributed by atoms with Crippen LogP contribution in [0.3, 0.4) is 0 Å². The molecule has 4 heterocycles. The molecule has 13 nitrogen and oxygen atoms in total. The first kappa shape index (κ1) is 38.0. The van der Waals surface area contributed by atoms with E-state index in [0.29, 0.717) is 38.2 Å². The molecule has 7 rings (SSSR count). The molecule has 0 atom stereocenters. The second-order valence-corrected chi connectivity index (χ2v) is 16.9. The molecule has 16 heteroatoms. The number of thioether (sulfide) groups is 3. The Labute approximate surface area is 327 Å². The first-order valence-corrected chi connectivity index (χ1v) is 19.1. The van der Waals surface area contributed by atoms with Crippen molar-refractivity contribution in [3.05, 3.63) is 102 Å². The van der Waals surface area contributed by atoms with E-state index in [2.05, 4.69) is 0 Å². The van der Waals surface area contributed by atoms with Crippen LogP contribution < -0.4 is 4.90 Å². The van der Waals surface area contributed by atoms with Crippen LogP contribution >= 0.6 is 35.3 Å². The molecule has 1 spiro atoms. The Balaban J connectivity index is 1.43. The fourth-order valence-corrected chi connectivity index (χ4v) is 12.4. The molecule has 0 saturated heterocycles. The van der Waals surface area contributed by atoms with Gasteiger partial charge in [0.25, 0.3) is 11.8 Å². The van der Waals surface area contributed by atoms with Crippen molar-refractivity contribution in [2.24, 2.45) is 0 Å². The molecule has 3 amide bonds. The summed E-state index contributed by atoms with van der Waals surface area (Å²) in [6.45, 7) is 4.64. The summed E-state index contributed by atoms with van der Waals surface area (Å²) in [6, 6.07) is 15.6. The topological polar surface area (TPSA) is 163 Å². The Bertz CT molecular complexity index is 2350. The summed E-state index contributed by atoms with van der Waals surface area (Å²) in [6.07, 6.45) is 0. The first-order valence-electron chi connectivity index (χ1n) is 16.6. The van der Waals surface area contributed by atoms with Crippen LogP contribution in [0.4, 0.5) is 5.69 Å². The van der Waals surface area contributed by atoms with Crippen LogP contribution in [0.2, 0.25) is 0 Å². The fraction of sp³-hybridized carbons (Fsp3) is 0.256. The smallest absolute Gasteiger partial charge is 0.345 e. The molecular formula is C39H32N2O11S3. The van der Waals surface area contributed by atoms with Gasteiger partial charge in [-0.1, -0.05) is 71.7 Å². The molecular weight excluding hydrogens is 769 g/mol. The lowest BCUT2D eigenvalue weighted by molar-refractivity contribution is -0.138. The average molecular weight is 801 g/mol. The number of anilines is 1. The van der Waals surface area contributed by atoms with Crippen molar-refractivity contribution in [1.29, 1.82) is 0 Å². The van der Waals surface area contributed by atoms with Crippen molar-refractivity contribution in [3.63, 3.8) is 0 Å². The summed E-state index contributed by atoms with van der Waals surface area (Å²) in [5.74, 6) is -5.49. The number of carbonyl (C=O) groups excluding carboxylic acids is 7. The van der Waals surface area contributed by atoms with E-state index in [1.165, 1.54) is 4.90 Å². The van der Waals surface area contributed by atoms with Crippen molar-refractivity contribution >= 4 is 98.9 Å². The van der Waals surface area contributed by atoms with Crippen LogP contribution in [0, 0.1) is 6.92 Å². The van der Waals surface area contributed by atoms with Gasteiger partial charge >= 0.3 is 23.9 Å². The zero-order chi connectivity index (χ0) is 39.7. The van der Waals surface area contributed by atoms with E-state index in [0.717, 1.165) is 79.6 Å². The molecule has 4 aliphatic heterocycles. The van der Waals surface area contributed by atoms with Crippen LogP contribution in [0.1, 0.15) is 45.7 Å². The summed E-state index contributed by atoms with van der Waals surface area (Å²) in [5.41, 5.74) is 0.909. The number of rotatable bonds is 6. The second-order valence-electron chi connectivity index (χ2n) is 13.2. The number of hydrogen-bond donors (Lipinski definition) is 0. The Morgan fingerprint density at radius 2 is 1.22 bits per heavy atom. The molecule has 0 aromatic heterocycles. The highest BCUT2D eigenvalue weighted by atomic mass is 32.2. The zero-order valence-electron chi connectivity index (χ0n) is 30.5. The third-order valence-corrected chi connectivity index (χ3v) is 14.3. The number of aryl methyl sites for hydroxylation is 1. The number of fused-ring (bicyclic) bond motifs is 3. The van der Waals surface area contributed by atoms with E-state index in [-0.39, 0.29) is 20.3 Å². The largest absolute Gasteiger partial charge is 0.466 e. The van der Waals surface area contributed by atoms with E-state index in [9.17, 15) is 33.6 Å². The molecule has 0 bridgehead atoms. The van der Waals surface area contributed by atoms with Gasteiger partial charge in [-0.3, -0.25) is 19.3 Å². The Morgan fingerprint density at radius 3 is 1.75 bits per heavy atom. The van der Waals surface area contributed by atoms with E-state index in [4.69, 9.17) is 18.9 Å². The highest BCUT2D eigenvalue weighted by molar-refractivity contribution is 8.26. The molecule has 0 N–H and O–H groups in total. The minimum absolute atomic E-state index is 0.175. The number of ether oxygens (including phenoxy) is 4. The quantitative estimate of drug-likeness (QED) is 0.178. The van der Waals surface area contributed by atoms with Crippen molar-refractivity contribution in [2.75, 3.05) is 39.9 Å². The van der Waals surface area contributed by atoms with Crippen LogP contribution in [-0.2, 0) is 42.9 Å². The average Bonchev–Trinajstić information content (AvgIpc) is 3.57. The van der Waals surface area contributed by atoms with Crippen molar-refractivity contribution in [1.82, 2.24) is 4.90 Å². The molecule has 0 radical (unpaired) electrons. The summed E-state index contributed by atoms with van der Waals surface area (Å²) < 4.78 is 18.8. The molecule has 0 aliphatic carbocycles. The van der Waals surface area contributed by atoms with Crippen LogP contribution in [0.15, 0.2) is 79.8 Å². The molecule has 4 aliphatic rings. The van der Waals surface area contributed by atoms with Gasteiger partial charge in [-0.05, 0) is 49.9 Å². The molecule has 0 saturated carbocycles. The van der Waals surface area contributed by atoms with E-state index in [1.54, 1.807) is 68.4 Å². The van der Waals surface area contributed by atoms with Crippen LogP contribution in [0.25, 0.3) is 16.3 Å². The maximum Gasteiger partial charge on any atom is 0.345 e. The number of carbonyl (C=O) groups is 7. The molecule has 0 fully saturated rings. The number of methoxy groups -OCH3 is 4. The molecule has 0 unspecified atom stereocenters. The second kappa shape index (κ2) is 13.8. The number of amides is 3. The Kier molecular flexibility index (Phi) is 9.50. The zero-order valence-corrected chi connectivity index (χ0v) is 33.0. The van der Waals surface area contributed by atoms with Gasteiger partial charge in [-0.15, -0.1) is 0 Å². The summed E-state index contributed by atoms with van der Waals surface area (Å²) in [7, 11) is 4.55. The van der Waals surface area contributed by atoms with Gasteiger partial charge < -0.3 is 23.8 Å². The number of nitrogens with zero attached hydrogens (tertiary/aromatic N) is 2. The Hall–Kier alpha value is -5.32. The number of esters is 4. The monoisotopic (exact) mass is 800 g/mol. The molecule has 3 aromatic carbocycles. The first-order chi connectivity index (χ1) is 26.2. The van der Waals surface area contributed by atoms with Gasteiger partial charge in [0.2, 0.25) is 5.91 Å². The van der Waals surface area contributed by atoms with Crippen LogP contribution in [-0.4, -0.2) is 91.1 Å². The molecule has 55 heavy (non-hydrogen) atoms. The van der Waals surface area contributed by atoms with Gasteiger partial charge in [-0.2, -0.15) is 0 Å². The summed E-state index contributed by atoms with van der Waals surface area (Å²) in [4.78, 5) is 99.2. The van der Waals surface area contributed by atoms with Crippen molar-refractivity contribution in [2.45, 2.75) is 30.4 Å². The van der Waals surface area contributed by atoms with E-state index >= 15 is 0 Å². The molecule has 282 valence electrons. The SMILES string of the molecule is COC(=O)C1=C(C(=O)OC)SC2(S1)C(C(=O)OC)=C(C(=O)OC)SC1=C2c2ccc(C)cc2N(C(=O)CN2C(=O)c3cccc4cccc(c34)C2=O)C1(C)C. The lowest BCUT2D eigenvalue weighted by Crippen LogP contribution is -2.57. The third-order valence-electron chi connectivity index (χ3n) is 9.69. The maximum atomic E-state index is 14.9. The highest BCUT2D eigenvalue weighted by Crippen LogP contribution is 2.71. The third kappa shape index (κ3) is 5.60. The number of benzene rings is 3. The van der Waals surface area contributed by atoms with Gasteiger partial charge in [0.1, 0.15) is 25.3 Å². The van der Waals surface area contributed by atoms with E-state index < -0.39 is 57.8 Å². The van der Waals surface area contributed by atoms with Gasteiger partial charge in [0.05, 0.1) is 45.2 Å². The number of hydrogen-bond acceptors (Lipinski definition) is 14. The maximum absolute atomic E-state index is 14.9. The van der Waals surface area contributed by atoms with Crippen LogP contribution in [0.5, 0.6) is 0 Å². The van der Waals surface area contributed by atoms with Gasteiger partial charge in [0, 0.05) is 32.6 Å². The lowest BCUT2D eigenvalue weighted by atomic mass is 9.83. The minimum atomic E-state index is -1.76. The van der Waals surface area contributed by atoms with Gasteiger partial charge in [0.15, 0.2) is 0 Å². The summed E-state index contributed by atoms with van der Waals surface area (Å²) >= 11 is 2.52. The Morgan fingerprint density at radius 1 is 0.691 bits per heavy atom. The fourth-order valence-electron chi connectivity index (χ4n) is 7.30. The van der Waals surface area contributed by atoms with Gasteiger partial charge in [-0.25, -0.2) is 19.2 Å². The standard InChI is InChI=1S/C39H32N2O11S3/c1-18-14-15-20-23(16-18)41(24(42)17-40-32(43)21-12-8-10-19-11-9-13-22(25(19)21)33(40)44)38(2,3)31-26(20)39(27(34(45)49-4)28(53-31)35(46)50-5)54-29(36(47)51-6)30(55-39)37(48)52-7/h8-16H,17H2,1-7H3. The predicted octanol–water partition coefficient (Wildman–Crippen LogP) is 5.36. The van der Waals surface area contributed by atoms with E-state index in [1.807, 2.05) is 6.92 Å². The van der Waals surface area contributed by atoms with Crippen molar-refractivity contribution < 1.29 is 52.5 Å². The number of imide groups is 1. The normalized spacial score (nSPS) is 18.0. The van der Waals surface area contributed by atoms with Crippen molar-refractivity contribution in [3.8, 4) is 0 Å². The lowest BCUT2D eigenvalue weighted by Gasteiger charge is -2.51. The molecule has 3 aromatic rings. The predicted molar refractivity (Wildman–Crippen MR) is 207 cm³/mol.